The molecule has 3 N–H and O–H groups in total. The predicted molar refractivity (Wildman–Crippen MR) is 92.6 cm³/mol. The van der Waals surface area contributed by atoms with E-state index in [2.05, 4.69) is 16.0 Å². The molecule has 1 heterocycles. The van der Waals surface area contributed by atoms with Crippen molar-refractivity contribution in [3.63, 3.8) is 0 Å². The molecule has 1 unspecified atom stereocenters. The Morgan fingerprint density at radius 3 is 2.64 bits per heavy atom. The van der Waals surface area contributed by atoms with Gasteiger partial charge in [0.1, 0.15) is 11.8 Å². The zero-order valence-electron chi connectivity index (χ0n) is 13.5. The fourth-order valence-corrected chi connectivity index (χ4v) is 2.59. The summed E-state index contributed by atoms with van der Waals surface area (Å²) in [5, 5.41) is 7.95. The van der Waals surface area contributed by atoms with Gasteiger partial charge in [0.2, 0.25) is 11.8 Å². The summed E-state index contributed by atoms with van der Waals surface area (Å²) in [5.74, 6) is -0.731. The number of para-hydroxylation sites is 3. The minimum absolute atomic E-state index is 0.191. The highest BCUT2D eigenvalue weighted by Crippen LogP contribution is 2.24. The first-order valence-electron chi connectivity index (χ1n) is 7.72. The van der Waals surface area contributed by atoms with Crippen molar-refractivity contribution in [3.05, 3.63) is 54.1 Å². The normalized spacial score (nSPS) is 16.1. The monoisotopic (exact) mass is 339 g/mol. The standard InChI is InChI=1S/C18H17N3O4/c1-25-15-9-5-4-8-13(15)19-16(22)10-14-18(24)20-12-7-3-2-6-11(12)17(23)21-14/h2-9,14H,10H2,1H3,(H,19,22)(H,20,24)(H,21,23). The summed E-state index contributed by atoms with van der Waals surface area (Å²) in [4.78, 5) is 36.8. The lowest BCUT2D eigenvalue weighted by molar-refractivity contribution is -0.122. The zero-order chi connectivity index (χ0) is 17.8. The van der Waals surface area contributed by atoms with E-state index in [-0.39, 0.29) is 6.42 Å². The average molecular weight is 339 g/mol. The third-order valence-corrected chi connectivity index (χ3v) is 3.82. The molecule has 0 saturated heterocycles. The number of nitrogens with one attached hydrogen (secondary N) is 3. The van der Waals surface area contributed by atoms with Crippen LogP contribution in [0.3, 0.4) is 0 Å². The Labute approximate surface area is 144 Å². The molecular formula is C18H17N3O4. The van der Waals surface area contributed by atoms with Crippen molar-refractivity contribution >= 4 is 29.1 Å². The van der Waals surface area contributed by atoms with E-state index in [1.54, 1.807) is 48.5 Å². The van der Waals surface area contributed by atoms with E-state index in [0.29, 0.717) is 22.7 Å². The summed E-state index contributed by atoms with van der Waals surface area (Å²) < 4.78 is 5.17. The topological polar surface area (TPSA) is 96.5 Å². The van der Waals surface area contributed by atoms with Crippen molar-refractivity contribution in [2.75, 3.05) is 17.7 Å². The SMILES string of the molecule is COc1ccccc1NC(=O)CC1NC(=O)c2ccccc2NC1=O. The highest BCUT2D eigenvalue weighted by atomic mass is 16.5. The van der Waals surface area contributed by atoms with Crippen molar-refractivity contribution in [2.45, 2.75) is 12.5 Å². The van der Waals surface area contributed by atoms with Crippen molar-refractivity contribution < 1.29 is 19.1 Å². The average Bonchev–Trinajstić information content (AvgIpc) is 2.72. The molecule has 3 rings (SSSR count). The number of benzene rings is 2. The van der Waals surface area contributed by atoms with Gasteiger partial charge < -0.3 is 20.7 Å². The number of hydrogen-bond donors (Lipinski definition) is 3. The number of rotatable bonds is 4. The molecule has 7 heteroatoms. The zero-order valence-corrected chi connectivity index (χ0v) is 13.5. The Morgan fingerprint density at radius 2 is 1.84 bits per heavy atom. The van der Waals surface area contributed by atoms with Crippen molar-refractivity contribution in [1.82, 2.24) is 5.32 Å². The van der Waals surface area contributed by atoms with Crippen LogP contribution in [-0.4, -0.2) is 30.9 Å². The summed E-state index contributed by atoms with van der Waals surface area (Å²) in [6, 6.07) is 12.7. The second-order valence-corrected chi connectivity index (χ2v) is 5.51. The molecule has 0 aliphatic carbocycles. The molecule has 1 aliphatic rings. The number of hydrogen-bond acceptors (Lipinski definition) is 4. The molecule has 2 aromatic rings. The highest BCUT2D eigenvalue weighted by Gasteiger charge is 2.29. The molecule has 3 amide bonds. The Balaban J connectivity index is 1.71. The van der Waals surface area contributed by atoms with Crippen LogP contribution in [0.25, 0.3) is 0 Å². The molecule has 0 spiro atoms. The van der Waals surface area contributed by atoms with Gasteiger partial charge in [-0.3, -0.25) is 14.4 Å². The summed E-state index contributed by atoms with van der Waals surface area (Å²) in [7, 11) is 1.50. The molecule has 0 radical (unpaired) electrons. The Kier molecular flexibility index (Phi) is 4.65. The van der Waals surface area contributed by atoms with Crippen LogP contribution in [0.4, 0.5) is 11.4 Å². The smallest absolute Gasteiger partial charge is 0.254 e. The third kappa shape index (κ3) is 3.60. The van der Waals surface area contributed by atoms with E-state index in [0.717, 1.165) is 0 Å². The van der Waals surface area contributed by atoms with Gasteiger partial charge in [0.15, 0.2) is 0 Å². The largest absolute Gasteiger partial charge is 0.495 e. The summed E-state index contributed by atoms with van der Waals surface area (Å²) in [6.45, 7) is 0. The molecule has 1 atom stereocenters. The summed E-state index contributed by atoms with van der Waals surface area (Å²) in [6.07, 6.45) is -0.191. The number of fused-ring (bicyclic) bond motifs is 1. The second kappa shape index (κ2) is 7.04. The van der Waals surface area contributed by atoms with E-state index < -0.39 is 23.8 Å². The fourth-order valence-electron chi connectivity index (χ4n) is 2.59. The second-order valence-electron chi connectivity index (χ2n) is 5.51. The molecule has 7 nitrogen and oxygen atoms in total. The Bertz CT molecular complexity index is 835. The van der Waals surface area contributed by atoms with Crippen LogP contribution in [0.1, 0.15) is 16.8 Å². The lowest BCUT2D eigenvalue weighted by Gasteiger charge is -2.15. The van der Waals surface area contributed by atoms with Crippen LogP contribution >= 0.6 is 0 Å². The summed E-state index contributed by atoms with van der Waals surface area (Å²) in [5.41, 5.74) is 1.29. The summed E-state index contributed by atoms with van der Waals surface area (Å²) >= 11 is 0. The van der Waals surface area contributed by atoms with Gasteiger partial charge in [-0.25, -0.2) is 0 Å². The quantitative estimate of drug-likeness (QED) is 0.791. The van der Waals surface area contributed by atoms with Gasteiger partial charge in [-0.2, -0.15) is 0 Å². The third-order valence-electron chi connectivity index (χ3n) is 3.82. The molecule has 1 aliphatic heterocycles. The van der Waals surface area contributed by atoms with E-state index in [1.807, 2.05) is 0 Å². The van der Waals surface area contributed by atoms with Gasteiger partial charge in [0.05, 0.1) is 30.5 Å². The number of amides is 3. The molecule has 25 heavy (non-hydrogen) atoms. The number of carbonyl (C=O) groups is 3. The maximum absolute atomic E-state index is 12.3. The predicted octanol–water partition coefficient (Wildman–Crippen LogP) is 1.77. The molecule has 0 saturated carbocycles. The van der Waals surface area contributed by atoms with Gasteiger partial charge in [-0.05, 0) is 24.3 Å². The van der Waals surface area contributed by atoms with Crippen molar-refractivity contribution in [3.8, 4) is 5.75 Å². The van der Waals surface area contributed by atoms with Crippen molar-refractivity contribution in [1.29, 1.82) is 0 Å². The van der Waals surface area contributed by atoms with Crippen LogP contribution in [0.5, 0.6) is 5.75 Å². The highest BCUT2D eigenvalue weighted by molar-refractivity contribution is 6.11. The van der Waals surface area contributed by atoms with Crippen LogP contribution in [0.15, 0.2) is 48.5 Å². The molecule has 0 fully saturated rings. The minimum atomic E-state index is -0.963. The van der Waals surface area contributed by atoms with Crippen LogP contribution in [-0.2, 0) is 9.59 Å². The first-order valence-corrected chi connectivity index (χ1v) is 7.72. The van der Waals surface area contributed by atoms with Crippen LogP contribution in [0, 0.1) is 0 Å². The number of carbonyl (C=O) groups excluding carboxylic acids is 3. The van der Waals surface area contributed by atoms with E-state index >= 15 is 0 Å². The minimum Gasteiger partial charge on any atom is -0.495 e. The fraction of sp³-hybridized carbons (Fsp3) is 0.167. The van der Waals surface area contributed by atoms with Gasteiger partial charge >= 0.3 is 0 Å². The molecule has 2 aromatic carbocycles. The lowest BCUT2D eigenvalue weighted by Crippen LogP contribution is -2.43. The Hall–Kier alpha value is -3.35. The first kappa shape index (κ1) is 16.5. The van der Waals surface area contributed by atoms with Gasteiger partial charge in [-0.1, -0.05) is 24.3 Å². The van der Waals surface area contributed by atoms with Gasteiger partial charge in [0, 0.05) is 0 Å². The van der Waals surface area contributed by atoms with E-state index in [9.17, 15) is 14.4 Å². The van der Waals surface area contributed by atoms with Crippen LogP contribution < -0.4 is 20.7 Å². The first-order chi connectivity index (χ1) is 12.1. The maximum Gasteiger partial charge on any atom is 0.254 e. The number of ether oxygens (including phenoxy) is 1. The van der Waals surface area contributed by atoms with Gasteiger partial charge in [-0.15, -0.1) is 0 Å². The van der Waals surface area contributed by atoms with Crippen molar-refractivity contribution in [2.24, 2.45) is 0 Å². The maximum atomic E-state index is 12.3. The molecular weight excluding hydrogens is 322 g/mol. The number of anilines is 2. The molecule has 128 valence electrons. The van der Waals surface area contributed by atoms with Gasteiger partial charge in [0.25, 0.3) is 5.91 Å². The van der Waals surface area contributed by atoms with Crippen LogP contribution in [0.2, 0.25) is 0 Å². The number of methoxy groups -OCH3 is 1. The van der Waals surface area contributed by atoms with E-state index in [4.69, 9.17) is 4.74 Å². The lowest BCUT2D eigenvalue weighted by atomic mass is 10.1. The molecule has 0 bridgehead atoms. The Morgan fingerprint density at radius 1 is 1.12 bits per heavy atom. The van der Waals surface area contributed by atoms with E-state index in [1.165, 1.54) is 7.11 Å². The molecule has 0 aromatic heterocycles.